The zero-order valence-electron chi connectivity index (χ0n) is 10.1. The van der Waals surface area contributed by atoms with Gasteiger partial charge in [0.15, 0.2) is 0 Å². The van der Waals surface area contributed by atoms with Crippen molar-refractivity contribution in [3.05, 3.63) is 53.1 Å². The van der Waals surface area contributed by atoms with Crippen molar-refractivity contribution >= 4 is 17.6 Å². The Bertz CT molecular complexity index is 610. The molecule has 1 N–H and O–H groups in total. The average molecular weight is 279 g/mol. The van der Waals surface area contributed by atoms with E-state index in [1.807, 2.05) is 0 Å². The van der Waals surface area contributed by atoms with Crippen molar-refractivity contribution in [2.45, 2.75) is 0 Å². The van der Waals surface area contributed by atoms with Crippen molar-refractivity contribution in [2.75, 3.05) is 7.11 Å². The molecule has 0 atom stereocenters. The minimum atomic E-state index is -1.08. The van der Waals surface area contributed by atoms with E-state index in [9.17, 15) is 4.79 Å². The summed E-state index contributed by atoms with van der Waals surface area (Å²) in [6, 6.07) is 11.3. The molecule has 19 heavy (non-hydrogen) atoms. The highest BCUT2D eigenvalue weighted by Crippen LogP contribution is 2.33. The summed E-state index contributed by atoms with van der Waals surface area (Å²) in [5, 5.41) is 9.53. The third kappa shape index (κ3) is 2.98. The van der Waals surface area contributed by atoms with Crippen LogP contribution in [0.4, 0.5) is 0 Å². The van der Waals surface area contributed by atoms with Crippen LogP contribution in [0.2, 0.25) is 5.02 Å². The van der Waals surface area contributed by atoms with E-state index < -0.39 is 5.97 Å². The number of carbonyl (C=O) groups is 1. The molecule has 98 valence electrons. The van der Waals surface area contributed by atoms with Gasteiger partial charge < -0.3 is 14.6 Å². The standard InChI is InChI=1S/C14H11ClO4/c1-18-9-6-7-10(14(16)17)13(8-9)19-12-5-3-2-4-11(12)15/h2-8H,1H3,(H,16,17). The predicted molar refractivity (Wildman–Crippen MR) is 71.5 cm³/mol. The van der Waals surface area contributed by atoms with E-state index in [0.29, 0.717) is 16.5 Å². The molecule has 0 aliphatic carbocycles. The van der Waals surface area contributed by atoms with Crippen LogP contribution in [0.5, 0.6) is 17.2 Å². The van der Waals surface area contributed by atoms with Gasteiger partial charge in [0.1, 0.15) is 22.8 Å². The quantitative estimate of drug-likeness (QED) is 0.923. The maximum absolute atomic E-state index is 11.1. The molecule has 0 radical (unpaired) electrons. The van der Waals surface area contributed by atoms with Gasteiger partial charge in [-0.05, 0) is 24.3 Å². The second-order valence-corrected chi connectivity index (χ2v) is 4.11. The van der Waals surface area contributed by atoms with Gasteiger partial charge in [0.05, 0.1) is 12.1 Å². The SMILES string of the molecule is COc1ccc(C(=O)O)c(Oc2ccccc2Cl)c1. The van der Waals surface area contributed by atoms with Gasteiger partial charge in [0.25, 0.3) is 0 Å². The fraction of sp³-hybridized carbons (Fsp3) is 0.0714. The van der Waals surface area contributed by atoms with Gasteiger partial charge in [-0.15, -0.1) is 0 Å². The topological polar surface area (TPSA) is 55.8 Å². The van der Waals surface area contributed by atoms with Crippen molar-refractivity contribution in [2.24, 2.45) is 0 Å². The van der Waals surface area contributed by atoms with Gasteiger partial charge in [-0.3, -0.25) is 0 Å². The number of methoxy groups -OCH3 is 1. The summed E-state index contributed by atoms with van der Waals surface area (Å²) in [6.45, 7) is 0. The monoisotopic (exact) mass is 278 g/mol. The van der Waals surface area contributed by atoms with Crippen LogP contribution in [0.3, 0.4) is 0 Å². The van der Waals surface area contributed by atoms with Crippen molar-refractivity contribution in [1.29, 1.82) is 0 Å². The Morgan fingerprint density at radius 3 is 2.53 bits per heavy atom. The first-order valence-corrected chi connectivity index (χ1v) is 5.83. The molecular weight excluding hydrogens is 268 g/mol. The van der Waals surface area contributed by atoms with Crippen LogP contribution in [0.1, 0.15) is 10.4 Å². The van der Waals surface area contributed by atoms with Crippen molar-refractivity contribution in [3.8, 4) is 17.2 Å². The van der Waals surface area contributed by atoms with Crippen LogP contribution in [-0.2, 0) is 0 Å². The van der Waals surface area contributed by atoms with Gasteiger partial charge in [-0.25, -0.2) is 4.79 Å². The highest BCUT2D eigenvalue weighted by atomic mass is 35.5. The average Bonchev–Trinajstić information content (AvgIpc) is 2.41. The fourth-order valence-corrected chi connectivity index (χ4v) is 1.71. The molecule has 0 aliphatic rings. The fourth-order valence-electron chi connectivity index (χ4n) is 1.54. The van der Waals surface area contributed by atoms with Crippen LogP contribution in [0, 0.1) is 0 Å². The number of para-hydroxylation sites is 1. The molecule has 0 heterocycles. The summed E-state index contributed by atoms with van der Waals surface area (Å²) in [5.74, 6) is -0.00312. The molecule has 0 saturated heterocycles. The predicted octanol–water partition coefficient (Wildman–Crippen LogP) is 3.84. The summed E-state index contributed by atoms with van der Waals surface area (Å²) in [7, 11) is 1.50. The molecular formula is C14H11ClO4. The molecule has 4 nitrogen and oxygen atoms in total. The summed E-state index contributed by atoms with van der Waals surface area (Å²) < 4.78 is 10.6. The lowest BCUT2D eigenvalue weighted by atomic mass is 10.2. The van der Waals surface area contributed by atoms with Gasteiger partial charge in [0, 0.05) is 6.07 Å². The number of carboxylic acids is 1. The maximum Gasteiger partial charge on any atom is 0.339 e. The van der Waals surface area contributed by atoms with E-state index in [4.69, 9.17) is 26.2 Å². The number of benzene rings is 2. The minimum absolute atomic E-state index is 0.0423. The van der Waals surface area contributed by atoms with E-state index >= 15 is 0 Å². The number of carboxylic acid groups (broad SMARTS) is 1. The summed E-state index contributed by atoms with van der Waals surface area (Å²) in [6.07, 6.45) is 0. The Labute approximate surface area is 115 Å². The smallest absolute Gasteiger partial charge is 0.339 e. The van der Waals surface area contributed by atoms with Gasteiger partial charge in [-0.1, -0.05) is 23.7 Å². The number of ether oxygens (including phenoxy) is 2. The Morgan fingerprint density at radius 1 is 1.16 bits per heavy atom. The highest BCUT2D eigenvalue weighted by Gasteiger charge is 2.14. The Hall–Kier alpha value is -2.20. The zero-order chi connectivity index (χ0) is 13.8. The lowest BCUT2D eigenvalue weighted by Crippen LogP contribution is -2.00. The minimum Gasteiger partial charge on any atom is -0.497 e. The van der Waals surface area contributed by atoms with Crippen molar-refractivity contribution in [3.63, 3.8) is 0 Å². The normalized spacial score (nSPS) is 10.0. The number of hydrogen-bond acceptors (Lipinski definition) is 3. The van der Waals surface area contributed by atoms with Crippen molar-refractivity contribution in [1.82, 2.24) is 0 Å². The first-order chi connectivity index (χ1) is 9.11. The number of aromatic carboxylic acids is 1. The molecule has 0 bridgehead atoms. The Balaban J connectivity index is 2.43. The third-order valence-corrected chi connectivity index (χ3v) is 2.79. The molecule has 0 amide bonds. The van der Waals surface area contributed by atoms with Crippen LogP contribution in [0.25, 0.3) is 0 Å². The lowest BCUT2D eigenvalue weighted by molar-refractivity contribution is 0.0694. The first kappa shape index (κ1) is 13.2. The molecule has 0 fully saturated rings. The Morgan fingerprint density at radius 2 is 1.89 bits per heavy atom. The first-order valence-electron chi connectivity index (χ1n) is 5.45. The van der Waals surface area contributed by atoms with E-state index in [2.05, 4.69) is 0 Å². The second kappa shape index (κ2) is 5.63. The van der Waals surface area contributed by atoms with Crippen molar-refractivity contribution < 1.29 is 19.4 Å². The van der Waals surface area contributed by atoms with Crippen LogP contribution >= 0.6 is 11.6 Å². The molecule has 2 aromatic rings. The van der Waals surface area contributed by atoms with Crippen LogP contribution in [0.15, 0.2) is 42.5 Å². The van der Waals surface area contributed by atoms with Gasteiger partial charge >= 0.3 is 5.97 Å². The Kier molecular flexibility index (Phi) is 3.92. The largest absolute Gasteiger partial charge is 0.497 e. The molecule has 5 heteroatoms. The van der Waals surface area contributed by atoms with E-state index in [0.717, 1.165) is 0 Å². The molecule has 0 spiro atoms. The number of hydrogen-bond donors (Lipinski definition) is 1. The van der Waals surface area contributed by atoms with E-state index in [1.54, 1.807) is 30.3 Å². The van der Waals surface area contributed by atoms with Crippen LogP contribution < -0.4 is 9.47 Å². The molecule has 2 aromatic carbocycles. The molecule has 0 aliphatic heterocycles. The van der Waals surface area contributed by atoms with Crippen LogP contribution in [-0.4, -0.2) is 18.2 Å². The zero-order valence-corrected chi connectivity index (χ0v) is 10.8. The highest BCUT2D eigenvalue weighted by molar-refractivity contribution is 6.32. The number of rotatable bonds is 4. The second-order valence-electron chi connectivity index (χ2n) is 3.70. The molecule has 2 rings (SSSR count). The summed E-state index contributed by atoms with van der Waals surface area (Å²) >= 11 is 5.98. The van der Waals surface area contributed by atoms with Gasteiger partial charge in [-0.2, -0.15) is 0 Å². The van der Waals surface area contributed by atoms with E-state index in [1.165, 1.54) is 19.2 Å². The summed E-state index contributed by atoms with van der Waals surface area (Å²) in [5.41, 5.74) is 0.0423. The molecule has 0 aromatic heterocycles. The lowest BCUT2D eigenvalue weighted by Gasteiger charge is -2.11. The summed E-state index contributed by atoms with van der Waals surface area (Å²) in [4.78, 5) is 11.1. The van der Waals surface area contributed by atoms with Gasteiger partial charge in [0.2, 0.25) is 0 Å². The maximum atomic E-state index is 11.1. The molecule has 0 unspecified atom stereocenters. The molecule has 0 saturated carbocycles. The third-order valence-electron chi connectivity index (χ3n) is 2.48. The van der Waals surface area contributed by atoms with E-state index in [-0.39, 0.29) is 11.3 Å². The number of halogens is 1.